The van der Waals surface area contributed by atoms with E-state index in [2.05, 4.69) is 0 Å². The highest BCUT2D eigenvalue weighted by Gasteiger charge is 2.07. The van der Waals surface area contributed by atoms with Crippen LogP contribution in [0.3, 0.4) is 0 Å². The van der Waals surface area contributed by atoms with Crippen LogP contribution >= 0.6 is 11.3 Å². The highest BCUT2D eigenvalue weighted by Crippen LogP contribution is 2.18. The molecular formula is C20H18O2S. The summed E-state index contributed by atoms with van der Waals surface area (Å²) in [5.41, 5.74) is 2.27. The second-order valence-electron chi connectivity index (χ2n) is 5.32. The largest absolute Gasteiger partial charge is 0.489 e. The SMILES string of the molecule is O=C(CCc1cccc(OCc2ccccc2)c1)c1cccs1. The first-order valence-corrected chi connectivity index (χ1v) is 8.51. The van der Waals surface area contributed by atoms with E-state index in [1.54, 1.807) is 0 Å². The fourth-order valence-electron chi connectivity index (χ4n) is 2.35. The van der Waals surface area contributed by atoms with Gasteiger partial charge in [-0.25, -0.2) is 0 Å². The Labute approximate surface area is 140 Å². The van der Waals surface area contributed by atoms with Crippen molar-refractivity contribution in [2.24, 2.45) is 0 Å². The molecule has 0 N–H and O–H groups in total. The van der Waals surface area contributed by atoms with Crippen molar-refractivity contribution in [1.29, 1.82) is 0 Å². The Morgan fingerprint density at radius 3 is 2.52 bits per heavy atom. The van der Waals surface area contributed by atoms with Crippen molar-refractivity contribution in [3.05, 3.63) is 88.1 Å². The van der Waals surface area contributed by atoms with E-state index in [1.165, 1.54) is 11.3 Å². The van der Waals surface area contributed by atoms with Crippen molar-refractivity contribution < 1.29 is 9.53 Å². The molecule has 0 atom stereocenters. The quantitative estimate of drug-likeness (QED) is 0.563. The van der Waals surface area contributed by atoms with Crippen LogP contribution in [-0.4, -0.2) is 5.78 Å². The van der Waals surface area contributed by atoms with Gasteiger partial charge in [-0.1, -0.05) is 48.5 Å². The molecule has 1 heterocycles. The number of ketones is 1. The average Bonchev–Trinajstić information content (AvgIpc) is 3.14. The van der Waals surface area contributed by atoms with Crippen molar-refractivity contribution in [2.75, 3.05) is 0 Å². The van der Waals surface area contributed by atoms with Crippen LogP contribution in [0.4, 0.5) is 0 Å². The number of benzene rings is 2. The summed E-state index contributed by atoms with van der Waals surface area (Å²) in [6.07, 6.45) is 1.27. The zero-order valence-corrected chi connectivity index (χ0v) is 13.6. The third-order valence-electron chi connectivity index (χ3n) is 3.58. The van der Waals surface area contributed by atoms with Gasteiger partial charge in [0.25, 0.3) is 0 Å². The zero-order chi connectivity index (χ0) is 15.9. The topological polar surface area (TPSA) is 26.3 Å². The van der Waals surface area contributed by atoms with E-state index in [4.69, 9.17) is 4.74 Å². The maximum Gasteiger partial charge on any atom is 0.173 e. The van der Waals surface area contributed by atoms with Gasteiger partial charge < -0.3 is 4.74 Å². The number of Topliss-reactive ketones (excluding diaryl/α,β-unsaturated/α-hetero) is 1. The first-order chi connectivity index (χ1) is 11.3. The minimum atomic E-state index is 0.204. The fraction of sp³-hybridized carbons (Fsp3) is 0.150. The zero-order valence-electron chi connectivity index (χ0n) is 12.8. The van der Waals surface area contributed by atoms with Crippen LogP contribution in [0, 0.1) is 0 Å². The van der Waals surface area contributed by atoms with E-state index < -0.39 is 0 Å². The predicted molar refractivity (Wildman–Crippen MR) is 94.2 cm³/mol. The summed E-state index contributed by atoms with van der Waals surface area (Å²) in [5.74, 6) is 1.05. The number of hydrogen-bond donors (Lipinski definition) is 0. The molecule has 23 heavy (non-hydrogen) atoms. The molecule has 0 spiro atoms. The molecule has 1 aromatic heterocycles. The van der Waals surface area contributed by atoms with Crippen LogP contribution < -0.4 is 4.74 Å². The standard InChI is InChI=1S/C20H18O2S/c21-19(20-10-5-13-23-20)12-11-16-8-4-9-18(14-16)22-15-17-6-2-1-3-7-17/h1-10,13-14H,11-12,15H2. The lowest BCUT2D eigenvalue weighted by molar-refractivity contribution is 0.0986. The molecule has 3 rings (SSSR count). The van der Waals surface area contributed by atoms with E-state index >= 15 is 0 Å². The minimum Gasteiger partial charge on any atom is -0.489 e. The van der Waals surface area contributed by atoms with Crippen LogP contribution in [0.1, 0.15) is 27.2 Å². The van der Waals surface area contributed by atoms with Crippen molar-refractivity contribution in [3.8, 4) is 5.75 Å². The fourth-order valence-corrected chi connectivity index (χ4v) is 3.04. The summed E-state index contributed by atoms with van der Waals surface area (Å²) < 4.78 is 5.83. The molecule has 3 heteroatoms. The lowest BCUT2D eigenvalue weighted by Crippen LogP contribution is -1.99. The minimum absolute atomic E-state index is 0.204. The van der Waals surface area contributed by atoms with E-state index in [9.17, 15) is 4.79 Å². The van der Waals surface area contributed by atoms with Gasteiger partial charge in [0, 0.05) is 6.42 Å². The average molecular weight is 322 g/mol. The van der Waals surface area contributed by atoms with Gasteiger partial charge in [-0.05, 0) is 41.1 Å². The van der Waals surface area contributed by atoms with Gasteiger partial charge in [-0.15, -0.1) is 11.3 Å². The third-order valence-corrected chi connectivity index (χ3v) is 4.49. The number of carbonyl (C=O) groups is 1. The highest BCUT2D eigenvalue weighted by atomic mass is 32.1. The summed E-state index contributed by atoms with van der Waals surface area (Å²) >= 11 is 1.50. The normalized spacial score (nSPS) is 10.4. The lowest BCUT2D eigenvalue weighted by Gasteiger charge is -2.08. The van der Waals surface area contributed by atoms with Crippen LogP contribution in [-0.2, 0) is 13.0 Å². The maximum absolute atomic E-state index is 12.1. The first kappa shape index (κ1) is 15.5. The Bertz CT molecular complexity index is 748. The summed E-state index contributed by atoms with van der Waals surface area (Å²) in [5, 5.41) is 1.94. The van der Waals surface area contributed by atoms with Gasteiger partial charge >= 0.3 is 0 Å². The summed E-state index contributed by atoms with van der Waals surface area (Å²) in [6, 6.07) is 21.9. The van der Waals surface area contributed by atoms with Crippen LogP contribution in [0.5, 0.6) is 5.75 Å². The number of thiophene rings is 1. The Kier molecular flexibility index (Phi) is 5.22. The predicted octanol–water partition coefficient (Wildman–Crippen LogP) is 5.14. The Morgan fingerprint density at radius 2 is 1.74 bits per heavy atom. The second kappa shape index (κ2) is 7.75. The molecule has 116 valence electrons. The molecule has 0 saturated heterocycles. The Morgan fingerprint density at radius 1 is 0.913 bits per heavy atom. The van der Waals surface area contributed by atoms with Crippen molar-refractivity contribution >= 4 is 17.1 Å². The molecule has 0 aliphatic carbocycles. The molecule has 2 nitrogen and oxygen atoms in total. The smallest absolute Gasteiger partial charge is 0.173 e. The molecule has 3 aromatic rings. The van der Waals surface area contributed by atoms with Crippen LogP contribution in [0.25, 0.3) is 0 Å². The molecule has 0 amide bonds. The number of carbonyl (C=O) groups excluding carboxylic acids is 1. The first-order valence-electron chi connectivity index (χ1n) is 7.63. The molecular weight excluding hydrogens is 304 g/mol. The number of rotatable bonds is 7. The van der Waals surface area contributed by atoms with Crippen LogP contribution in [0.2, 0.25) is 0 Å². The summed E-state index contributed by atoms with van der Waals surface area (Å²) in [4.78, 5) is 12.9. The van der Waals surface area contributed by atoms with Gasteiger partial charge in [-0.2, -0.15) is 0 Å². The van der Waals surface area contributed by atoms with E-state index in [0.717, 1.165) is 28.2 Å². The number of hydrogen-bond acceptors (Lipinski definition) is 3. The second-order valence-corrected chi connectivity index (χ2v) is 6.27. The highest BCUT2D eigenvalue weighted by molar-refractivity contribution is 7.12. The Hall–Kier alpha value is -2.39. The molecule has 2 aromatic carbocycles. The molecule has 0 aliphatic heterocycles. The van der Waals surface area contributed by atoms with Crippen molar-refractivity contribution in [2.45, 2.75) is 19.4 Å². The lowest BCUT2D eigenvalue weighted by atomic mass is 10.1. The van der Waals surface area contributed by atoms with Gasteiger partial charge in [0.15, 0.2) is 5.78 Å². The van der Waals surface area contributed by atoms with Gasteiger partial charge in [0.2, 0.25) is 0 Å². The van der Waals surface area contributed by atoms with Crippen molar-refractivity contribution in [1.82, 2.24) is 0 Å². The molecule has 0 radical (unpaired) electrons. The third kappa shape index (κ3) is 4.54. The van der Waals surface area contributed by atoms with Crippen LogP contribution in [0.15, 0.2) is 72.1 Å². The van der Waals surface area contributed by atoms with E-state index in [0.29, 0.717) is 13.0 Å². The van der Waals surface area contributed by atoms with Crippen molar-refractivity contribution in [3.63, 3.8) is 0 Å². The van der Waals surface area contributed by atoms with Gasteiger partial charge in [0.1, 0.15) is 12.4 Å². The van der Waals surface area contributed by atoms with E-state index in [1.807, 2.05) is 72.1 Å². The number of aryl methyl sites for hydroxylation is 1. The summed E-state index contributed by atoms with van der Waals surface area (Å²) in [7, 11) is 0. The molecule has 0 unspecified atom stereocenters. The number of ether oxygens (including phenoxy) is 1. The molecule has 0 aliphatic rings. The maximum atomic E-state index is 12.1. The molecule has 0 fully saturated rings. The Balaban J connectivity index is 1.56. The van der Waals surface area contributed by atoms with Gasteiger partial charge in [0.05, 0.1) is 4.88 Å². The molecule has 0 bridgehead atoms. The summed E-state index contributed by atoms with van der Waals surface area (Å²) in [6.45, 7) is 0.554. The van der Waals surface area contributed by atoms with Gasteiger partial charge in [-0.3, -0.25) is 4.79 Å². The monoisotopic (exact) mass is 322 g/mol. The van der Waals surface area contributed by atoms with E-state index in [-0.39, 0.29) is 5.78 Å². The molecule has 0 saturated carbocycles.